The number of carbonyl (C=O) groups excluding carboxylic acids is 2. The molecule has 12 heteroatoms. The van der Waals surface area contributed by atoms with Crippen molar-refractivity contribution in [3.05, 3.63) is 123 Å². The second-order valence-electron chi connectivity index (χ2n) is 11.8. The summed E-state index contributed by atoms with van der Waals surface area (Å²) < 4.78 is 35.1. The molecule has 0 bridgehead atoms. The summed E-state index contributed by atoms with van der Waals surface area (Å²) in [7, 11) is -4.29. The number of hydrogen-bond donors (Lipinski definition) is 1. The van der Waals surface area contributed by atoms with Gasteiger partial charge in [0, 0.05) is 34.1 Å². The molecule has 258 valence electrons. The van der Waals surface area contributed by atoms with Crippen molar-refractivity contribution in [1.82, 2.24) is 10.2 Å². The van der Waals surface area contributed by atoms with Crippen molar-refractivity contribution in [3.8, 4) is 5.75 Å². The molecule has 2 amide bonds. The molecular weight excluding hydrogens is 705 g/mol. The predicted octanol–water partition coefficient (Wildman–Crippen LogP) is 7.94. The number of rotatable bonds is 14. The Balaban J connectivity index is 1.58. The van der Waals surface area contributed by atoms with E-state index in [0.29, 0.717) is 33.0 Å². The molecule has 0 heterocycles. The minimum absolute atomic E-state index is 0.00696. The molecule has 4 aromatic carbocycles. The number of halogens is 3. The number of nitrogens with one attached hydrogen (secondary N) is 1. The first-order valence-electron chi connectivity index (χ1n) is 16.1. The molecule has 0 radical (unpaired) electrons. The molecule has 1 atom stereocenters. The lowest BCUT2D eigenvalue weighted by molar-refractivity contribution is -0.140. The molecule has 1 saturated carbocycles. The third-order valence-corrected chi connectivity index (χ3v) is 11.1. The van der Waals surface area contributed by atoms with E-state index in [0.717, 1.165) is 35.6 Å². The minimum Gasteiger partial charge on any atom is -0.494 e. The summed E-state index contributed by atoms with van der Waals surface area (Å²) in [4.78, 5) is 30.2. The fourth-order valence-corrected chi connectivity index (χ4v) is 7.90. The van der Waals surface area contributed by atoms with Crippen molar-refractivity contribution in [2.45, 2.75) is 62.6 Å². The Labute approximate surface area is 303 Å². The van der Waals surface area contributed by atoms with Gasteiger partial charge < -0.3 is 15.0 Å². The van der Waals surface area contributed by atoms with E-state index in [1.807, 2.05) is 37.3 Å². The quantitative estimate of drug-likeness (QED) is 0.142. The maximum absolute atomic E-state index is 14.7. The van der Waals surface area contributed by atoms with E-state index in [4.69, 9.17) is 39.5 Å². The van der Waals surface area contributed by atoms with Crippen molar-refractivity contribution in [1.29, 1.82) is 0 Å². The number of sulfonamides is 1. The Morgan fingerprint density at radius 1 is 0.878 bits per heavy atom. The monoisotopic (exact) mass is 741 g/mol. The molecule has 0 saturated heterocycles. The summed E-state index contributed by atoms with van der Waals surface area (Å²) in [6, 6.07) is 25.5. The molecule has 1 aliphatic carbocycles. The van der Waals surface area contributed by atoms with Crippen molar-refractivity contribution in [2.24, 2.45) is 0 Å². The average Bonchev–Trinajstić information content (AvgIpc) is 3.60. The third-order valence-electron chi connectivity index (χ3n) is 8.44. The molecule has 0 unspecified atom stereocenters. The summed E-state index contributed by atoms with van der Waals surface area (Å²) in [5.74, 6) is -0.366. The molecule has 49 heavy (non-hydrogen) atoms. The SMILES string of the molecule is CCOc1ccc(N(CC(=O)N(Cc2ccc(Cl)cc2Cl)[C@@H](Cc2ccccc2)C(=O)NC2CCCC2)S(=O)(=O)c2ccc(Cl)cc2)cc1. The van der Waals surface area contributed by atoms with Crippen LogP contribution in [0, 0.1) is 0 Å². The summed E-state index contributed by atoms with van der Waals surface area (Å²) in [6.07, 6.45) is 3.93. The van der Waals surface area contributed by atoms with Gasteiger partial charge in [0.15, 0.2) is 0 Å². The first kappa shape index (κ1) is 36.5. The Kier molecular flexibility index (Phi) is 12.5. The van der Waals surface area contributed by atoms with E-state index >= 15 is 0 Å². The van der Waals surface area contributed by atoms with E-state index in [2.05, 4.69) is 5.32 Å². The van der Waals surface area contributed by atoms with Crippen LogP contribution in [-0.2, 0) is 32.6 Å². The summed E-state index contributed by atoms with van der Waals surface area (Å²) >= 11 is 18.9. The molecule has 5 rings (SSSR count). The molecule has 0 aliphatic heterocycles. The van der Waals surface area contributed by atoms with Gasteiger partial charge in [-0.25, -0.2) is 8.42 Å². The van der Waals surface area contributed by atoms with Crippen LogP contribution in [0.25, 0.3) is 0 Å². The number of amides is 2. The fourth-order valence-electron chi connectivity index (χ4n) is 5.89. The minimum atomic E-state index is -4.29. The fraction of sp³-hybridized carbons (Fsp3) is 0.297. The summed E-state index contributed by atoms with van der Waals surface area (Å²) in [6.45, 7) is 1.60. The van der Waals surface area contributed by atoms with Gasteiger partial charge in [-0.15, -0.1) is 0 Å². The lowest BCUT2D eigenvalue weighted by atomic mass is 10.0. The molecule has 8 nitrogen and oxygen atoms in total. The number of ether oxygens (including phenoxy) is 1. The van der Waals surface area contributed by atoms with E-state index in [1.54, 1.807) is 42.5 Å². The van der Waals surface area contributed by atoms with Gasteiger partial charge in [0.2, 0.25) is 11.8 Å². The topological polar surface area (TPSA) is 96.0 Å². The highest BCUT2D eigenvalue weighted by Gasteiger charge is 2.36. The molecule has 0 spiro atoms. The van der Waals surface area contributed by atoms with Gasteiger partial charge in [-0.1, -0.05) is 84.0 Å². The summed E-state index contributed by atoms with van der Waals surface area (Å²) in [5.41, 5.74) is 1.64. The van der Waals surface area contributed by atoms with Crippen LogP contribution in [0.1, 0.15) is 43.7 Å². The standard InChI is InChI=1S/C37H38Cl3N3O5S/c1-2-48-32-18-16-31(17-19-32)43(49(46,47)33-20-14-28(38)15-21-33)25-36(44)42(24-27-12-13-29(39)23-34(27)40)35(22-26-8-4-3-5-9-26)37(45)41-30-10-6-7-11-30/h3-5,8-9,12-21,23,30,35H,2,6-7,10-11,22,24-25H2,1H3,(H,41,45)/t35-/m0/s1. The number of nitrogens with zero attached hydrogens (tertiary/aromatic N) is 2. The average molecular weight is 743 g/mol. The first-order chi connectivity index (χ1) is 23.5. The van der Waals surface area contributed by atoms with E-state index < -0.39 is 28.5 Å². The predicted molar refractivity (Wildman–Crippen MR) is 195 cm³/mol. The van der Waals surface area contributed by atoms with Crippen LogP contribution in [-0.4, -0.2) is 50.4 Å². The van der Waals surface area contributed by atoms with Gasteiger partial charge in [-0.3, -0.25) is 13.9 Å². The number of anilines is 1. The van der Waals surface area contributed by atoms with Gasteiger partial charge >= 0.3 is 0 Å². The Hall–Kier alpha value is -3.76. The Morgan fingerprint density at radius 2 is 1.53 bits per heavy atom. The van der Waals surface area contributed by atoms with E-state index in [9.17, 15) is 18.0 Å². The van der Waals surface area contributed by atoms with Crippen LogP contribution >= 0.6 is 34.8 Å². The van der Waals surface area contributed by atoms with Gasteiger partial charge in [0.25, 0.3) is 10.0 Å². The molecule has 1 aliphatic rings. The van der Waals surface area contributed by atoms with Crippen LogP contribution in [0.5, 0.6) is 5.75 Å². The van der Waals surface area contributed by atoms with Crippen LogP contribution in [0.4, 0.5) is 5.69 Å². The van der Waals surface area contributed by atoms with E-state index in [-0.39, 0.29) is 35.5 Å². The number of hydrogen-bond acceptors (Lipinski definition) is 5. The van der Waals surface area contributed by atoms with Gasteiger partial charge in [-0.2, -0.15) is 0 Å². The van der Waals surface area contributed by atoms with Crippen LogP contribution in [0.3, 0.4) is 0 Å². The highest BCUT2D eigenvalue weighted by molar-refractivity contribution is 7.92. The molecule has 1 fully saturated rings. The largest absolute Gasteiger partial charge is 0.494 e. The smallest absolute Gasteiger partial charge is 0.264 e. The molecule has 4 aromatic rings. The van der Waals surface area contributed by atoms with Crippen molar-refractivity contribution in [3.63, 3.8) is 0 Å². The maximum atomic E-state index is 14.7. The molecule has 1 N–H and O–H groups in total. The lowest BCUT2D eigenvalue weighted by Gasteiger charge is -2.34. The van der Waals surface area contributed by atoms with Crippen LogP contribution < -0.4 is 14.4 Å². The molecule has 0 aromatic heterocycles. The lowest BCUT2D eigenvalue weighted by Crippen LogP contribution is -2.54. The van der Waals surface area contributed by atoms with Gasteiger partial charge in [0.05, 0.1) is 17.2 Å². The second-order valence-corrected chi connectivity index (χ2v) is 15.0. The highest BCUT2D eigenvalue weighted by atomic mass is 35.5. The normalized spacial score (nSPS) is 13.9. The molecular formula is C37H38Cl3N3O5S. The zero-order valence-corrected chi connectivity index (χ0v) is 30.1. The van der Waals surface area contributed by atoms with Gasteiger partial charge in [0.1, 0.15) is 18.3 Å². The zero-order valence-electron chi connectivity index (χ0n) is 27.0. The Bertz CT molecular complexity index is 1840. The number of benzene rings is 4. The maximum Gasteiger partial charge on any atom is 0.264 e. The third kappa shape index (κ3) is 9.48. The van der Waals surface area contributed by atoms with Crippen molar-refractivity contribution in [2.75, 3.05) is 17.5 Å². The zero-order chi connectivity index (χ0) is 35.0. The van der Waals surface area contributed by atoms with Crippen molar-refractivity contribution >= 4 is 62.3 Å². The summed E-state index contributed by atoms with van der Waals surface area (Å²) in [5, 5.41) is 4.27. The van der Waals surface area contributed by atoms with Gasteiger partial charge in [-0.05, 0) is 91.6 Å². The van der Waals surface area contributed by atoms with E-state index in [1.165, 1.54) is 29.2 Å². The Morgan fingerprint density at radius 3 is 2.16 bits per heavy atom. The van der Waals surface area contributed by atoms with Crippen LogP contribution in [0.2, 0.25) is 15.1 Å². The number of carbonyl (C=O) groups is 2. The first-order valence-corrected chi connectivity index (χ1v) is 18.7. The second kappa shape index (κ2) is 16.8. The van der Waals surface area contributed by atoms with Crippen molar-refractivity contribution < 1.29 is 22.7 Å². The van der Waals surface area contributed by atoms with Crippen LogP contribution in [0.15, 0.2) is 102 Å². The highest BCUT2D eigenvalue weighted by Crippen LogP contribution is 2.29.